The molecule has 0 aromatic carbocycles. The molecule has 0 amide bonds. The third-order valence-electron chi connectivity index (χ3n) is 3.56. The van der Waals surface area contributed by atoms with E-state index in [2.05, 4.69) is 20.8 Å². The second-order valence-electron chi connectivity index (χ2n) is 6.44. The number of aliphatic hydroxyl groups excluding tert-OH is 1. The Balaban J connectivity index is 3.32. The molecule has 0 saturated carbocycles. The third kappa shape index (κ3) is 12.2. The van der Waals surface area contributed by atoms with E-state index in [1.807, 2.05) is 6.92 Å². The Morgan fingerprint density at radius 1 is 0.882 bits per heavy atom. The van der Waals surface area contributed by atoms with Crippen molar-refractivity contribution < 1.29 is 5.11 Å². The molecule has 0 aromatic heterocycles. The molecule has 0 heterocycles. The molecule has 0 aliphatic rings. The molecule has 0 spiro atoms. The number of unbranched alkanes of at least 4 members (excludes halogenated alkanes) is 7. The van der Waals surface area contributed by atoms with E-state index < -0.39 is 0 Å². The summed E-state index contributed by atoms with van der Waals surface area (Å²) in [6.07, 6.45) is 13.1. The molecule has 1 N–H and O–H groups in total. The molecular formula is C16H34O. The van der Waals surface area contributed by atoms with Crippen LogP contribution in [0.5, 0.6) is 0 Å². The average molecular weight is 242 g/mol. The van der Waals surface area contributed by atoms with E-state index in [0.29, 0.717) is 5.41 Å². The topological polar surface area (TPSA) is 20.2 Å². The zero-order valence-corrected chi connectivity index (χ0v) is 12.6. The van der Waals surface area contributed by atoms with Gasteiger partial charge < -0.3 is 5.11 Å². The Morgan fingerprint density at radius 2 is 1.35 bits per heavy atom. The molecule has 0 bridgehead atoms. The molecule has 17 heavy (non-hydrogen) atoms. The lowest BCUT2D eigenvalue weighted by atomic mass is 9.82. The van der Waals surface area contributed by atoms with Gasteiger partial charge in [0.05, 0.1) is 6.10 Å². The summed E-state index contributed by atoms with van der Waals surface area (Å²) in [5, 5.41) is 9.41. The van der Waals surface area contributed by atoms with Crippen molar-refractivity contribution in [2.24, 2.45) is 5.41 Å². The van der Waals surface area contributed by atoms with E-state index in [4.69, 9.17) is 0 Å². The predicted molar refractivity (Wildman–Crippen MR) is 77.3 cm³/mol. The molecule has 0 saturated heterocycles. The fourth-order valence-corrected chi connectivity index (χ4v) is 2.64. The zero-order valence-electron chi connectivity index (χ0n) is 12.6. The van der Waals surface area contributed by atoms with Crippen molar-refractivity contribution in [3.63, 3.8) is 0 Å². The summed E-state index contributed by atoms with van der Waals surface area (Å²) < 4.78 is 0. The fraction of sp³-hybridized carbons (Fsp3) is 1.00. The van der Waals surface area contributed by atoms with Crippen LogP contribution in [0.1, 0.15) is 91.9 Å². The molecule has 1 nitrogen and oxygen atoms in total. The Morgan fingerprint density at radius 3 is 1.82 bits per heavy atom. The summed E-state index contributed by atoms with van der Waals surface area (Å²) in [7, 11) is 0. The molecule has 0 radical (unpaired) electrons. The van der Waals surface area contributed by atoms with Crippen molar-refractivity contribution >= 4 is 0 Å². The molecule has 1 heteroatoms. The van der Waals surface area contributed by atoms with Gasteiger partial charge in [-0.3, -0.25) is 0 Å². The average Bonchev–Trinajstić information content (AvgIpc) is 2.20. The van der Waals surface area contributed by atoms with E-state index >= 15 is 0 Å². The van der Waals surface area contributed by atoms with Crippen LogP contribution in [0.4, 0.5) is 0 Å². The van der Waals surface area contributed by atoms with Gasteiger partial charge in [0.2, 0.25) is 0 Å². The maximum absolute atomic E-state index is 9.41. The largest absolute Gasteiger partial charge is 0.393 e. The third-order valence-corrected chi connectivity index (χ3v) is 3.56. The molecule has 0 fully saturated rings. The maximum Gasteiger partial charge on any atom is 0.0517 e. The van der Waals surface area contributed by atoms with Crippen LogP contribution in [0.15, 0.2) is 0 Å². The monoisotopic (exact) mass is 242 g/mol. The normalized spacial score (nSPS) is 13.9. The molecule has 0 aromatic rings. The van der Waals surface area contributed by atoms with Gasteiger partial charge in [-0.2, -0.15) is 0 Å². The van der Waals surface area contributed by atoms with Gasteiger partial charge in [0, 0.05) is 0 Å². The van der Waals surface area contributed by atoms with Gasteiger partial charge in [-0.25, -0.2) is 0 Å². The summed E-state index contributed by atoms with van der Waals surface area (Å²) in [5.41, 5.74) is 0.316. The first kappa shape index (κ1) is 17.0. The number of hydrogen-bond donors (Lipinski definition) is 1. The minimum Gasteiger partial charge on any atom is -0.393 e. The predicted octanol–water partition coefficient (Wildman–Crippen LogP) is 5.31. The van der Waals surface area contributed by atoms with E-state index in [9.17, 15) is 5.11 Å². The van der Waals surface area contributed by atoms with Crippen LogP contribution >= 0.6 is 0 Å². The van der Waals surface area contributed by atoms with Crippen LogP contribution in [0.2, 0.25) is 0 Å². The van der Waals surface area contributed by atoms with Gasteiger partial charge in [-0.1, -0.05) is 72.1 Å². The van der Waals surface area contributed by atoms with Crippen molar-refractivity contribution in [3.05, 3.63) is 0 Å². The summed E-state index contributed by atoms with van der Waals surface area (Å²) in [6, 6.07) is 0. The molecule has 1 unspecified atom stereocenters. The molecule has 0 aliphatic heterocycles. The second-order valence-corrected chi connectivity index (χ2v) is 6.44. The number of rotatable bonds is 11. The van der Waals surface area contributed by atoms with Crippen LogP contribution in [-0.4, -0.2) is 11.2 Å². The first-order valence-electron chi connectivity index (χ1n) is 7.66. The van der Waals surface area contributed by atoms with E-state index in [0.717, 1.165) is 6.42 Å². The van der Waals surface area contributed by atoms with E-state index in [1.165, 1.54) is 57.8 Å². The molecule has 104 valence electrons. The zero-order chi connectivity index (χ0) is 13.1. The second kappa shape index (κ2) is 9.94. The van der Waals surface area contributed by atoms with Crippen molar-refractivity contribution in [3.8, 4) is 0 Å². The minimum absolute atomic E-state index is 0.154. The number of hydrogen-bond acceptors (Lipinski definition) is 1. The lowest BCUT2D eigenvalue weighted by Gasteiger charge is -2.26. The van der Waals surface area contributed by atoms with Crippen molar-refractivity contribution in [2.75, 3.05) is 0 Å². The van der Waals surface area contributed by atoms with Crippen molar-refractivity contribution in [1.82, 2.24) is 0 Å². The fourth-order valence-electron chi connectivity index (χ4n) is 2.64. The highest BCUT2D eigenvalue weighted by Gasteiger charge is 2.19. The summed E-state index contributed by atoms with van der Waals surface area (Å²) >= 11 is 0. The van der Waals surface area contributed by atoms with Gasteiger partial charge in [0.1, 0.15) is 0 Å². The summed E-state index contributed by atoms with van der Waals surface area (Å²) in [5.74, 6) is 0. The quantitative estimate of drug-likeness (QED) is 0.486. The Kier molecular flexibility index (Phi) is 9.91. The van der Waals surface area contributed by atoms with Crippen LogP contribution < -0.4 is 0 Å². The van der Waals surface area contributed by atoms with Crippen LogP contribution in [0.25, 0.3) is 0 Å². The maximum atomic E-state index is 9.41. The highest BCUT2D eigenvalue weighted by Crippen LogP contribution is 2.29. The summed E-state index contributed by atoms with van der Waals surface area (Å²) in [4.78, 5) is 0. The summed E-state index contributed by atoms with van der Waals surface area (Å²) in [6.45, 7) is 8.72. The van der Waals surface area contributed by atoms with E-state index in [1.54, 1.807) is 0 Å². The highest BCUT2D eigenvalue weighted by molar-refractivity contribution is 4.71. The molecule has 1 atom stereocenters. The first-order chi connectivity index (χ1) is 7.98. The van der Waals surface area contributed by atoms with Gasteiger partial charge >= 0.3 is 0 Å². The van der Waals surface area contributed by atoms with Crippen molar-refractivity contribution in [2.45, 2.75) is 98.0 Å². The molecule has 0 rings (SSSR count). The SMILES string of the molecule is CCCCCCCCCCC(C)(C)CC(C)O. The van der Waals surface area contributed by atoms with Crippen molar-refractivity contribution in [1.29, 1.82) is 0 Å². The van der Waals surface area contributed by atoms with Gasteiger partial charge in [-0.15, -0.1) is 0 Å². The van der Waals surface area contributed by atoms with Crippen LogP contribution in [0, 0.1) is 5.41 Å². The highest BCUT2D eigenvalue weighted by atomic mass is 16.3. The number of aliphatic hydroxyl groups is 1. The van der Waals surface area contributed by atoms with Gasteiger partial charge in [-0.05, 0) is 25.2 Å². The van der Waals surface area contributed by atoms with Gasteiger partial charge in [0.15, 0.2) is 0 Å². The Bertz CT molecular complexity index is 161. The standard InChI is InChI=1S/C16H34O/c1-5-6-7-8-9-10-11-12-13-16(3,4)14-15(2)17/h15,17H,5-14H2,1-4H3. The van der Waals surface area contributed by atoms with E-state index in [-0.39, 0.29) is 6.10 Å². The smallest absolute Gasteiger partial charge is 0.0517 e. The first-order valence-corrected chi connectivity index (χ1v) is 7.66. The lowest BCUT2D eigenvalue weighted by molar-refractivity contribution is 0.123. The lowest BCUT2D eigenvalue weighted by Crippen LogP contribution is -2.18. The van der Waals surface area contributed by atoms with Crippen LogP contribution in [0.3, 0.4) is 0 Å². The molecular weight excluding hydrogens is 208 g/mol. The molecule has 0 aliphatic carbocycles. The minimum atomic E-state index is -0.154. The van der Waals surface area contributed by atoms with Crippen LogP contribution in [-0.2, 0) is 0 Å². The van der Waals surface area contributed by atoms with Gasteiger partial charge in [0.25, 0.3) is 0 Å². The Labute approximate surface area is 109 Å². The Hall–Kier alpha value is -0.0400.